The Morgan fingerprint density at radius 3 is 2.36 bits per heavy atom. The van der Waals surface area contributed by atoms with E-state index in [1.54, 1.807) is 24.3 Å². The van der Waals surface area contributed by atoms with Gasteiger partial charge in [-0.3, -0.25) is 18.5 Å². The van der Waals surface area contributed by atoms with Crippen molar-refractivity contribution >= 4 is 22.8 Å². The molecular weight excluding hydrogens is 537 g/mol. The molecule has 0 saturated carbocycles. The van der Waals surface area contributed by atoms with Crippen LogP contribution >= 0.6 is 11.6 Å². The van der Waals surface area contributed by atoms with Crippen molar-refractivity contribution in [2.45, 2.75) is 32.0 Å². The summed E-state index contributed by atoms with van der Waals surface area (Å²) in [6, 6.07) is 16.1. The maximum atomic E-state index is 13.4. The van der Waals surface area contributed by atoms with E-state index in [0.717, 1.165) is 15.7 Å². The van der Waals surface area contributed by atoms with Gasteiger partial charge in [-0.15, -0.1) is 13.2 Å². The first-order valence-corrected chi connectivity index (χ1v) is 12.3. The number of fused-ring (bicyclic) bond motifs is 1. The van der Waals surface area contributed by atoms with Gasteiger partial charge in [-0.25, -0.2) is 4.79 Å². The molecule has 12 heteroatoms. The van der Waals surface area contributed by atoms with Crippen LogP contribution < -0.4 is 16.0 Å². The molecule has 8 nitrogen and oxygen atoms in total. The van der Waals surface area contributed by atoms with Gasteiger partial charge in [0, 0.05) is 18.5 Å². The van der Waals surface area contributed by atoms with Crippen molar-refractivity contribution in [2.24, 2.45) is 7.05 Å². The van der Waals surface area contributed by atoms with Gasteiger partial charge in [0.25, 0.3) is 11.6 Å². The summed E-state index contributed by atoms with van der Waals surface area (Å²) in [5, 5.41) is 0.523. The molecule has 202 valence electrons. The van der Waals surface area contributed by atoms with E-state index in [2.05, 4.69) is 9.72 Å². The molecule has 1 atom stereocenters. The van der Waals surface area contributed by atoms with Gasteiger partial charge >= 0.3 is 12.1 Å². The Hall–Kier alpha value is -4.25. The number of hydrogen-bond acceptors (Lipinski definition) is 5. The van der Waals surface area contributed by atoms with Crippen molar-refractivity contribution in [1.29, 1.82) is 0 Å². The third-order valence-corrected chi connectivity index (χ3v) is 6.38. The molecule has 1 aliphatic carbocycles. The first-order valence-electron chi connectivity index (χ1n) is 11.9. The molecule has 0 aliphatic heterocycles. The summed E-state index contributed by atoms with van der Waals surface area (Å²) in [5.41, 5.74) is 0.615. The average molecular weight is 559 g/mol. The SMILES string of the molecule is Cn1c(=O)c2c(nc(OC3C=C(OC(F)(F)F)C=CC3)n2Cc2ccc(Cl)cc2)n(Cc2ccccc2)c1=O. The third kappa shape index (κ3) is 5.78. The van der Waals surface area contributed by atoms with Gasteiger partial charge in [0.05, 0.1) is 13.1 Å². The number of benzene rings is 2. The molecule has 2 aromatic heterocycles. The molecule has 0 amide bonds. The molecule has 0 fully saturated rings. The lowest BCUT2D eigenvalue weighted by molar-refractivity contribution is -0.303. The molecule has 0 saturated heterocycles. The van der Waals surface area contributed by atoms with E-state index in [9.17, 15) is 22.8 Å². The number of nitrogens with zero attached hydrogens (tertiary/aromatic N) is 4. The van der Waals surface area contributed by atoms with Crippen molar-refractivity contribution in [3.8, 4) is 6.01 Å². The second-order valence-electron chi connectivity index (χ2n) is 8.91. The van der Waals surface area contributed by atoms with Crippen LogP contribution in [-0.4, -0.2) is 31.2 Å². The van der Waals surface area contributed by atoms with Crippen molar-refractivity contribution in [2.75, 3.05) is 0 Å². The fraction of sp³-hybridized carbons (Fsp3) is 0.222. The number of rotatable bonds is 7. The second kappa shape index (κ2) is 10.5. The molecule has 0 bridgehead atoms. The Kier molecular flexibility index (Phi) is 7.09. The van der Waals surface area contributed by atoms with Crippen LogP contribution in [-0.2, 0) is 24.9 Å². The van der Waals surface area contributed by atoms with Gasteiger partial charge in [0.1, 0.15) is 11.9 Å². The zero-order chi connectivity index (χ0) is 27.7. The van der Waals surface area contributed by atoms with Crippen molar-refractivity contribution < 1.29 is 22.6 Å². The first kappa shape index (κ1) is 26.4. The van der Waals surface area contributed by atoms with Gasteiger partial charge in [0.15, 0.2) is 11.2 Å². The van der Waals surface area contributed by atoms with Crippen LogP contribution in [0.15, 0.2) is 88.2 Å². The minimum absolute atomic E-state index is 0.0348. The maximum absolute atomic E-state index is 13.4. The quantitative estimate of drug-likeness (QED) is 0.326. The second-order valence-corrected chi connectivity index (χ2v) is 9.35. The Bertz CT molecular complexity index is 1690. The standard InChI is InChI=1S/C27H22ClF3N4O4/c1-33-24(36)22-23(35(26(33)37)16-17-6-3-2-4-7-17)32-25(34(22)15-18-10-12-19(28)13-11-18)38-20-8-5-9-21(14-20)39-27(29,30)31/h2-7,9-14,20H,8,15-16H2,1H3. The lowest BCUT2D eigenvalue weighted by atomic mass is 10.1. The average Bonchev–Trinajstić information content (AvgIpc) is 3.24. The van der Waals surface area contributed by atoms with E-state index >= 15 is 0 Å². The van der Waals surface area contributed by atoms with Crippen LogP contribution in [0.5, 0.6) is 6.01 Å². The molecule has 2 heterocycles. The summed E-state index contributed by atoms with van der Waals surface area (Å²) in [4.78, 5) is 31.1. The van der Waals surface area contributed by atoms with Crippen molar-refractivity contribution in [1.82, 2.24) is 18.7 Å². The van der Waals surface area contributed by atoms with E-state index in [-0.39, 0.29) is 36.7 Å². The number of allylic oxidation sites excluding steroid dienone is 1. The lowest BCUT2D eigenvalue weighted by Gasteiger charge is -2.19. The summed E-state index contributed by atoms with van der Waals surface area (Å²) >= 11 is 6.03. The van der Waals surface area contributed by atoms with E-state index in [1.165, 1.54) is 34.4 Å². The van der Waals surface area contributed by atoms with Crippen LogP contribution in [0.4, 0.5) is 13.2 Å². The zero-order valence-corrected chi connectivity index (χ0v) is 21.3. The lowest BCUT2D eigenvalue weighted by Crippen LogP contribution is -2.39. The maximum Gasteiger partial charge on any atom is 0.573 e. The fourth-order valence-electron chi connectivity index (χ4n) is 4.30. The van der Waals surface area contributed by atoms with E-state index in [1.807, 2.05) is 30.3 Å². The summed E-state index contributed by atoms with van der Waals surface area (Å²) in [6.45, 7) is 0.261. The summed E-state index contributed by atoms with van der Waals surface area (Å²) in [7, 11) is 1.38. The smallest absolute Gasteiger partial charge is 0.457 e. The number of hydrogen-bond donors (Lipinski definition) is 0. The normalized spacial score (nSPS) is 15.4. The Balaban J connectivity index is 1.64. The molecule has 1 aliphatic rings. The highest BCUT2D eigenvalue weighted by molar-refractivity contribution is 6.30. The number of ether oxygens (including phenoxy) is 2. The molecule has 5 rings (SSSR count). The van der Waals surface area contributed by atoms with Crippen molar-refractivity contribution in [3.63, 3.8) is 0 Å². The molecule has 2 aromatic carbocycles. The van der Waals surface area contributed by atoms with Crippen LogP contribution in [0.1, 0.15) is 17.5 Å². The summed E-state index contributed by atoms with van der Waals surface area (Å²) < 4.78 is 52.3. The van der Waals surface area contributed by atoms with Gasteiger partial charge < -0.3 is 9.47 Å². The van der Waals surface area contributed by atoms with E-state index in [4.69, 9.17) is 16.3 Å². The molecule has 0 spiro atoms. The Morgan fingerprint density at radius 2 is 1.67 bits per heavy atom. The molecule has 0 N–H and O–H groups in total. The third-order valence-electron chi connectivity index (χ3n) is 6.12. The minimum Gasteiger partial charge on any atom is -0.457 e. The van der Waals surface area contributed by atoms with Crippen LogP contribution in [0.3, 0.4) is 0 Å². The minimum atomic E-state index is -4.86. The highest BCUT2D eigenvalue weighted by Gasteiger charge is 2.32. The molecule has 39 heavy (non-hydrogen) atoms. The fourth-order valence-corrected chi connectivity index (χ4v) is 4.42. The topological polar surface area (TPSA) is 80.3 Å². The molecular formula is C27H22ClF3N4O4. The van der Waals surface area contributed by atoms with E-state index < -0.39 is 29.5 Å². The summed E-state index contributed by atoms with van der Waals surface area (Å²) in [5.74, 6) is -0.420. The highest BCUT2D eigenvalue weighted by Crippen LogP contribution is 2.27. The van der Waals surface area contributed by atoms with Crippen LogP contribution in [0.25, 0.3) is 11.2 Å². The van der Waals surface area contributed by atoms with Crippen LogP contribution in [0.2, 0.25) is 5.02 Å². The predicted octanol–water partition coefficient (Wildman–Crippen LogP) is 4.77. The first-order chi connectivity index (χ1) is 18.6. The Morgan fingerprint density at radius 1 is 1.00 bits per heavy atom. The highest BCUT2D eigenvalue weighted by atomic mass is 35.5. The monoisotopic (exact) mass is 558 g/mol. The number of imidazole rings is 1. The number of halogens is 4. The molecule has 1 unspecified atom stereocenters. The zero-order valence-electron chi connectivity index (χ0n) is 20.6. The predicted molar refractivity (Wildman–Crippen MR) is 139 cm³/mol. The van der Waals surface area contributed by atoms with Crippen molar-refractivity contribution in [3.05, 3.63) is 116 Å². The Labute approximate surface area is 224 Å². The number of alkyl halides is 3. The molecule has 0 radical (unpaired) electrons. The van der Waals surface area contributed by atoms with Crippen LogP contribution in [0, 0.1) is 0 Å². The summed E-state index contributed by atoms with van der Waals surface area (Å²) in [6.07, 6.45) is -1.61. The number of aromatic nitrogens is 4. The van der Waals surface area contributed by atoms with Gasteiger partial charge in [-0.05, 0) is 35.4 Å². The largest absolute Gasteiger partial charge is 0.573 e. The van der Waals surface area contributed by atoms with E-state index in [0.29, 0.717) is 5.02 Å². The van der Waals surface area contributed by atoms with Gasteiger partial charge in [-0.2, -0.15) is 4.98 Å². The van der Waals surface area contributed by atoms with Gasteiger partial charge in [-0.1, -0.05) is 60.1 Å². The molecule has 4 aromatic rings. The van der Waals surface area contributed by atoms with Gasteiger partial charge in [0.2, 0.25) is 0 Å².